The van der Waals surface area contributed by atoms with Crippen molar-refractivity contribution in [3.05, 3.63) is 53.7 Å². The van der Waals surface area contributed by atoms with Gasteiger partial charge in [0.25, 0.3) is 0 Å². The second kappa shape index (κ2) is 4.98. The Kier molecular flexibility index (Phi) is 3.57. The van der Waals surface area contributed by atoms with Crippen LogP contribution < -0.4 is 0 Å². The molecule has 0 amide bonds. The highest BCUT2D eigenvalue weighted by Crippen LogP contribution is 2.30. The van der Waals surface area contributed by atoms with Gasteiger partial charge in [0.15, 0.2) is 0 Å². The topological polar surface area (TPSA) is 12.9 Å². The maximum absolute atomic E-state index is 12.4. The lowest BCUT2D eigenvalue weighted by Crippen LogP contribution is -2.04. The molecule has 0 unspecified atom stereocenters. The van der Waals surface area contributed by atoms with E-state index in [0.717, 1.165) is 12.1 Å². The molecule has 0 saturated heterocycles. The van der Waals surface area contributed by atoms with Gasteiger partial charge in [-0.05, 0) is 24.3 Å². The Balaban J connectivity index is 2.34. The normalized spacial score (nSPS) is 11.6. The van der Waals surface area contributed by atoms with Gasteiger partial charge < -0.3 is 0 Å². The van der Waals surface area contributed by atoms with Crippen LogP contribution in [0.4, 0.5) is 13.2 Å². The third-order valence-corrected chi connectivity index (χ3v) is 2.73. The number of hydrogen-bond donors (Lipinski definition) is 0. The van der Waals surface area contributed by atoms with Crippen molar-refractivity contribution >= 4 is 11.6 Å². The van der Waals surface area contributed by atoms with Gasteiger partial charge in [0, 0.05) is 5.56 Å². The van der Waals surface area contributed by atoms with Crippen LogP contribution in [-0.2, 0) is 12.1 Å². The molecule has 1 aromatic heterocycles. The van der Waals surface area contributed by atoms with Gasteiger partial charge >= 0.3 is 6.18 Å². The highest BCUT2D eigenvalue weighted by atomic mass is 35.5. The quantitative estimate of drug-likeness (QED) is 0.733. The smallest absolute Gasteiger partial charge is 0.252 e. The Labute approximate surface area is 107 Å². The molecule has 0 saturated carbocycles. The van der Waals surface area contributed by atoms with Gasteiger partial charge in [0.1, 0.15) is 0 Å². The third kappa shape index (κ3) is 2.82. The zero-order valence-corrected chi connectivity index (χ0v) is 9.96. The second-order valence-electron chi connectivity index (χ2n) is 3.72. The van der Waals surface area contributed by atoms with Gasteiger partial charge in [-0.25, -0.2) is 0 Å². The van der Waals surface area contributed by atoms with Gasteiger partial charge in [-0.1, -0.05) is 18.2 Å². The Morgan fingerprint density at radius 1 is 1.00 bits per heavy atom. The minimum Gasteiger partial charge on any atom is -0.252 e. The third-order valence-electron chi connectivity index (χ3n) is 2.45. The number of benzene rings is 1. The highest BCUT2D eigenvalue weighted by molar-refractivity contribution is 6.16. The van der Waals surface area contributed by atoms with Crippen molar-refractivity contribution in [2.45, 2.75) is 12.1 Å². The van der Waals surface area contributed by atoms with Crippen LogP contribution in [0.25, 0.3) is 11.3 Å². The van der Waals surface area contributed by atoms with Gasteiger partial charge in [0.2, 0.25) is 0 Å². The predicted octanol–water partition coefficient (Wildman–Crippen LogP) is 4.51. The molecule has 0 fully saturated rings. The van der Waals surface area contributed by atoms with Crippen molar-refractivity contribution in [3.8, 4) is 11.3 Å². The average Bonchev–Trinajstić information content (AvgIpc) is 2.38. The first-order valence-electron chi connectivity index (χ1n) is 5.20. The summed E-state index contributed by atoms with van der Waals surface area (Å²) in [5.41, 5.74) is 1.27. The van der Waals surface area contributed by atoms with Crippen molar-refractivity contribution in [3.63, 3.8) is 0 Å². The molecule has 0 radical (unpaired) electrons. The standard InChI is InChI=1S/C13H9ClF3N/c14-8-11-2-1-3-12(18-11)9-4-6-10(7-5-9)13(15,16)17/h1-7H,8H2. The molecule has 0 bridgehead atoms. The molecule has 18 heavy (non-hydrogen) atoms. The summed E-state index contributed by atoms with van der Waals surface area (Å²) in [7, 11) is 0. The van der Waals surface area contributed by atoms with Gasteiger partial charge in [-0.2, -0.15) is 13.2 Å². The molecular formula is C13H9ClF3N. The van der Waals surface area contributed by atoms with E-state index in [-0.39, 0.29) is 5.88 Å². The van der Waals surface area contributed by atoms with Crippen LogP contribution in [0.15, 0.2) is 42.5 Å². The summed E-state index contributed by atoms with van der Waals surface area (Å²) in [6.45, 7) is 0. The predicted molar refractivity (Wildman–Crippen MR) is 64.2 cm³/mol. The number of aromatic nitrogens is 1. The van der Waals surface area contributed by atoms with Crippen molar-refractivity contribution < 1.29 is 13.2 Å². The molecule has 0 aliphatic carbocycles. The Morgan fingerprint density at radius 3 is 2.22 bits per heavy atom. The summed E-state index contributed by atoms with van der Waals surface area (Å²) in [5, 5.41) is 0. The van der Waals surface area contributed by atoms with Crippen LogP contribution in [0, 0.1) is 0 Å². The number of nitrogens with zero attached hydrogens (tertiary/aromatic N) is 1. The van der Waals surface area contributed by atoms with Gasteiger partial charge in [-0.3, -0.25) is 4.98 Å². The lowest BCUT2D eigenvalue weighted by atomic mass is 10.1. The maximum atomic E-state index is 12.4. The molecule has 0 atom stereocenters. The summed E-state index contributed by atoms with van der Waals surface area (Å²) < 4.78 is 37.2. The molecule has 94 valence electrons. The SMILES string of the molecule is FC(F)(F)c1ccc(-c2cccc(CCl)n2)cc1. The number of alkyl halides is 4. The van der Waals surface area contributed by atoms with Crippen LogP contribution >= 0.6 is 11.6 Å². The van der Waals surface area contributed by atoms with Crippen LogP contribution in [0.5, 0.6) is 0 Å². The number of hydrogen-bond acceptors (Lipinski definition) is 1. The van der Waals surface area contributed by atoms with Crippen LogP contribution in [0.2, 0.25) is 0 Å². The number of pyridine rings is 1. The van der Waals surface area contributed by atoms with E-state index in [9.17, 15) is 13.2 Å². The first-order valence-corrected chi connectivity index (χ1v) is 5.73. The summed E-state index contributed by atoms with van der Waals surface area (Å²) in [5.74, 6) is 0.272. The lowest BCUT2D eigenvalue weighted by Gasteiger charge is -2.07. The fourth-order valence-corrected chi connectivity index (χ4v) is 1.69. The maximum Gasteiger partial charge on any atom is 0.416 e. The van der Waals surface area contributed by atoms with E-state index < -0.39 is 11.7 Å². The van der Waals surface area contributed by atoms with E-state index in [2.05, 4.69) is 4.98 Å². The van der Waals surface area contributed by atoms with Crippen molar-refractivity contribution in [1.82, 2.24) is 4.98 Å². The number of rotatable bonds is 2. The molecule has 2 aromatic rings. The molecule has 0 spiro atoms. The van der Waals surface area contributed by atoms with E-state index in [1.54, 1.807) is 18.2 Å². The molecule has 1 aromatic carbocycles. The molecule has 0 aliphatic rings. The van der Waals surface area contributed by atoms with Crippen LogP contribution in [-0.4, -0.2) is 4.98 Å². The van der Waals surface area contributed by atoms with Gasteiger partial charge in [-0.15, -0.1) is 11.6 Å². The van der Waals surface area contributed by atoms with E-state index >= 15 is 0 Å². The molecule has 5 heteroatoms. The first-order chi connectivity index (χ1) is 8.50. The molecule has 0 N–H and O–H groups in total. The zero-order valence-electron chi connectivity index (χ0n) is 9.21. The van der Waals surface area contributed by atoms with E-state index in [1.165, 1.54) is 12.1 Å². The van der Waals surface area contributed by atoms with E-state index in [4.69, 9.17) is 11.6 Å². The lowest BCUT2D eigenvalue weighted by molar-refractivity contribution is -0.137. The second-order valence-corrected chi connectivity index (χ2v) is 3.99. The average molecular weight is 272 g/mol. The Morgan fingerprint density at radius 2 is 1.67 bits per heavy atom. The molecule has 0 aliphatic heterocycles. The number of halogens is 4. The molecule has 1 nitrogen and oxygen atoms in total. The fourth-order valence-electron chi connectivity index (χ4n) is 1.54. The van der Waals surface area contributed by atoms with E-state index in [0.29, 0.717) is 17.0 Å². The zero-order chi connectivity index (χ0) is 13.2. The summed E-state index contributed by atoms with van der Waals surface area (Å²) in [4.78, 5) is 4.24. The highest BCUT2D eigenvalue weighted by Gasteiger charge is 2.29. The molecule has 2 rings (SSSR count). The largest absolute Gasteiger partial charge is 0.416 e. The molecule has 1 heterocycles. The van der Waals surface area contributed by atoms with Crippen LogP contribution in [0.3, 0.4) is 0 Å². The molecular weight excluding hydrogens is 263 g/mol. The summed E-state index contributed by atoms with van der Waals surface area (Å²) in [6, 6.07) is 10.2. The summed E-state index contributed by atoms with van der Waals surface area (Å²) in [6.07, 6.45) is -4.32. The first kappa shape index (κ1) is 12.9. The van der Waals surface area contributed by atoms with Crippen molar-refractivity contribution in [2.24, 2.45) is 0 Å². The van der Waals surface area contributed by atoms with Crippen LogP contribution in [0.1, 0.15) is 11.3 Å². The Hall–Kier alpha value is -1.55. The van der Waals surface area contributed by atoms with Gasteiger partial charge in [0.05, 0.1) is 22.8 Å². The van der Waals surface area contributed by atoms with Crippen molar-refractivity contribution in [2.75, 3.05) is 0 Å². The monoisotopic (exact) mass is 271 g/mol. The minimum absolute atomic E-state index is 0.272. The fraction of sp³-hybridized carbons (Fsp3) is 0.154. The minimum atomic E-state index is -4.32. The van der Waals surface area contributed by atoms with Crippen molar-refractivity contribution in [1.29, 1.82) is 0 Å². The Bertz CT molecular complexity index is 535. The summed E-state index contributed by atoms with van der Waals surface area (Å²) >= 11 is 5.66. The van der Waals surface area contributed by atoms with E-state index in [1.807, 2.05) is 0 Å².